The lowest BCUT2D eigenvalue weighted by atomic mass is 9.81. The Hall–Kier alpha value is -2.53. The highest BCUT2D eigenvalue weighted by molar-refractivity contribution is 5.37. The number of rotatable bonds is 2. The first-order valence-corrected chi connectivity index (χ1v) is 8.33. The summed E-state index contributed by atoms with van der Waals surface area (Å²) in [5.41, 5.74) is 3.82. The standard InChI is InChI=1S/C19H21N5/c1-19(2)13-14-9-7-8-12-16(14)17(23(19)3)18-20-21-22-24(18)15-10-5-4-6-11-15/h4-12,17H,13H2,1-3H3/p+1/t17-/m0/s1. The second kappa shape index (κ2) is 5.53. The minimum absolute atomic E-state index is 0.111. The smallest absolute Gasteiger partial charge is 0.219 e. The lowest BCUT2D eigenvalue weighted by Crippen LogP contribution is -3.18. The molecule has 2 heterocycles. The topological polar surface area (TPSA) is 48.0 Å². The van der Waals surface area contributed by atoms with Gasteiger partial charge in [0, 0.05) is 12.0 Å². The molecule has 0 bridgehead atoms. The zero-order chi connectivity index (χ0) is 16.7. The van der Waals surface area contributed by atoms with E-state index in [9.17, 15) is 0 Å². The molecular formula is C19H22N5+. The average Bonchev–Trinajstić information content (AvgIpc) is 3.06. The third-order valence-electron chi connectivity index (χ3n) is 5.25. The largest absolute Gasteiger partial charge is 0.320 e. The summed E-state index contributed by atoms with van der Waals surface area (Å²) in [7, 11) is 2.24. The summed E-state index contributed by atoms with van der Waals surface area (Å²) in [6.07, 6.45) is 1.05. The van der Waals surface area contributed by atoms with Crippen LogP contribution in [0.15, 0.2) is 54.6 Å². The van der Waals surface area contributed by atoms with Gasteiger partial charge in [0.05, 0.1) is 18.3 Å². The van der Waals surface area contributed by atoms with Gasteiger partial charge in [0.2, 0.25) is 5.82 Å². The van der Waals surface area contributed by atoms with Gasteiger partial charge in [0.1, 0.15) is 0 Å². The summed E-state index contributed by atoms with van der Waals surface area (Å²) in [4.78, 5) is 1.41. The SMILES string of the molecule is C[NH+]1[C@H](c2nnnn2-c2ccccc2)c2ccccc2CC1(C)C. The Balaban J connectivity index is 1.89. The molecular weight excluding hydrogens is 298 g/mol. The molecule has 122 valence electrons. The van der Waals surface area contributed by atoms with Crippen LogP contribution in [0.5, 0.6) is 0 Å². The summed E-state index contributed by atoms with van der Waals surface area (Å²) in [6, 6.07) is 18.9. The first-order valence-electron chi connectivity index (χ1n) is 8.33. The van der Waals surface area contributed by atoms with E-state index >= 15 is 0 Å². The fourth-order valence-corrected chi connectivity index (χ4v) is 3.68. The molecule has 5 nitrogen and oxygen atoms in total. The second-order valence-electron chi connectivity index (χ2n) is 7.16. The predicted octanol–water partition coefficient (Wildman–Crippen LogP) is 1.60. The number of hydrogen-bond donors (Lipinski definition) is 1. The minimum Gasteiger partial charge on any atom is -0.320 e. The first kappa shape index (κ1) is 15.0. The van der Waals surface area contributed by atoms with E-state index in [1.807, 2.05) is 35.0 Å². The summed E-state index contributed by atoms with van der Waals surface area (Å²) in [6.45, 7) is 4.61. The van der Waals surface area contributed by atoms with E-state index in [0.29, 0.717) is 0 Å². The van der Waals surface area contributed by atoms with Crippen molar-refractivity contribution in [3.05, 3.63) is 71.5 Å². The summed E-state index contributed by atoms with van der Waals surface area (Å²) >= 11 is 0. The number of benzene rings is 2. The molecule has 4 rings (SSSR count). The Morgan fingerprint density at radius 2 is 1.75 bits per heavy atom. The van der Waals surface area contributed by atoms with Gasteiger partial charge in [-0.25, -0.2) is 0 Å². The molecule has 1 aliphatic rings. The van der Waals surface area contributed by atoms with E-state index in [1.54, 1.807) is 0 Å². The fourth-order valence-electron chi connectivity index (χ4n) is 3.68. The molecule has 24 heavy (non-hydrogen) atoms. The molecule has 1 unspecified atom stereocenters. The average molecular weight is 320 g/mol. The van der Waals surface area contributed by atoms with Gasteiger partial charge in [-0.1, -0.05) is 42.5 Å². The van der Waals surface area contributed by atoms with E-state index < -0.39 is 0 Å². The van der Waals surface area contributed by atoms with Crippen molar-refractivity contribution in [2.45, 2.75) is 31.8 Å². The number of tetrazole rings is 1. The van der Waals surface area contributed by atoms with Gasteiger partial charge < -0.3 is 4.90 Å². The van der Waals surface area contributed by atoms with E-state index in [4.69, 9.17) is 0 Å². The molecule has 0 saturated heterocycles. The summed E-state index contributed by atoms with van der Waals surface area (Å²) in [5, 5.41) is 12.6. The maximum absolute atomic E-state index is 4.41. The summed E-state index contributed by atoms with van der Waals surface area (Å²) < 4.78 is 1.87. The quantitative estimate of drug-likeness (QED) is 0.780. The third-order valence-corrected chi connectivity index (χ3v) is 5.25. The zero-order valence-corrected chi connectivity index (χ0v) is 14.3. The molecule has 1 N–H and O–H groups in total. The van der Waals surface area contributed by atoms with Crippen LogP contribution in [0.3, 0.4) is 0 Å². The normalized spacial score (nSPS) is 22.1. The van der Waals surface area contributed by atoms with Crippen molar-refractivity contribution in [2.24, 2.45) is 0 Å². The Labute approximate surface area is 141 Å². The minimum atomic E-state index is 0.111. The monoisotopic (exact) mass is 320 g/mol. The second-order valence-corrected chi connectivity index (χ2v) is 7.16. The van der Waals surface area contributed by atoms with Crippen LogP contribution in [0.25, 0.3) is 5.69 Å². The van der Waals surface area contributed by atoms with Crippen LogP contribution in [0, 0.1) is 0 Å². The van der Waals surface area contributed by atoms with Crippen molar-refractivity contribution in [3.8, 4) is 5.69 Å². The highest BCUT2D eigenvalue weighted by Crippen LogP contribution is 2.29. The molecule has 1 aromatic heterocycles. The summed E-state index contributed by atoms with van der Waals surface area (Å²) in [5.74, 6) is 0.888. The Morgan fingerprint density at radius 1 is 1.04 bits per heavy atom. The van der Waals surface area contributed by atoms with E-state index in [0.717, 1.165) is 17.9 Å². The molecule has 0 saturated carbocycles. The van der Waals surface area contributed by atoms with E-state index in [2.05, 4.69) is 60.7 Å². The van der Waals surface area contributed by atoms with Crippen LogP contribution in [-0.2, 0) is 6.42 Å². The van der Waals surface area contributed by atoms with Crippen LogP contribution in [0.4, 0.5) is 0 Å². The van der Waals surface area contributed by atoms with E-state index in [1.165, 1.54) is 16.0 Å². The molecule has 5 heteroatoms. The Kier molecular flexibility index (Phi) is 3.46. The molecule has 3 aromatic rings. The van der Waals surface area contributed by atoms with Crippen molar-refractivity contribution >= 4 is 0 Å². The van der Waals surface area contributed by atoms with Crippen molar-refractivity contribution in [3.63, 3.8) is 0 Å². The molecule has 2 atom stereocenters. The number of fused-ring (bicyclic) bond motifs is 1. The molecule has 1 aliphatic heterocycles. The van der Waals surface area contributed by atoms with Crippen LogP contribution in [0.1, 0.15) is 36.8 Å². The molecule has 0 radical (unpaired) electrons. The molecule has 0 fully saturated rings. The first-order chi connectivity index (χ1) is 11.6. The number of likely N-dealkylation sites (N-methyl/N-ethyl adjacent to an activating group) is 1. The van der Waals surface area contributed by atoms with Gasteiger partial charge >= 0.3 is 0 Å². The van der Waals surface area contributed by atoms with Gasteiger partial charge in [-0.05, 0) is 42.0 Å². The highest BCUT2D eigenvalue weighted by atomic mass is 15.6. The molecule has 2 aromatic carbocycles. The number of aromatic nitrogens is 4. The van der Waals surface area contributed by atoms with Crippen LogP contribution < -0.4 is 4.90 Å². The Morgan fingerprint density at radius 3 is 2.54 bits per heavy atom. The van der Waals surface area contributed by atoms with Crippen molar-refractivity contribution in [1.82, 2.24) is 20.2 Å². The number of quaternary nitrogens is 1. The highest BCUT2D eigenvalue weighted by Gasteiger charge is 2.44. The molecule has 0 amide bonds. The van der Waals surface area contributed by atoms with Crippen LogP contribution >= 0.6 is 0 Å². The lowest BCUT2D eigenvalue weighted by Gasteiger charge is -2.42. The van der Waals surface area contributed by atoms with Gasteiger partial charge in [0.15, 0.2) is 6.04 Å². The van der Waals surface area contributed by atoms with Gasteiger partial charge in [0.25, 0.3) is 0 Å². The van der Waals surface area contributed by atoms with Crippen molar-refractivity contribution in [1.29, 1.82) is 0 Å². The van der Waals surface area contributed by atoms with Crippen molar-refractivity contribution in [2.75, 3.05) is 7.05 Å². The van der Waals surface area contributed by atoms with Gasteiger partial charge in [-0.15, -0.1) is 5.10 Å². The van der Waals surface area contributed by atoms with E-state index in [-0.39, 0.29) is 11.6 Å². The van der Waals surface area contributed by atoms with Gasteiger partial charge in [-0.2, -0.15) is 4.68 Å². The van der Waals surface area contributed by atoms with Crippen LogP contribution in [0.2, 0.25) is 0 Å². The Bertz CT molecular complexity index is 853. The molecule has 0 spiro atoms. The zero-order valence-electron chi connectivity index (χ0n) is 14.3. The predicted molar refractivity (Wildman–Crippen MR) is 92.1 cm³/mol. The number of nitrogens with zero attached hydrogens (tertiary/aromatic N) is 4. The lowest BCUT2D eigenvalue weighted by molar-refractivity contribution is -0.957. The van der Waals surface area contributed by atoms with Crippen LogP contribution in [-0.4, -0.2) is 32.8 Å². The van der Waals surface area contributed by atoms with Gasteiger partial charge in [-0.3, -0.25) is 0 Å². The molecule has 0 aliphatic carbocycles. The number of nitrogens with one attached hydrogen (secondary N) is 1. The van der Waals surface area contributed by atoms with Crippen molar-refractivity contribution < 1.29 is 4.90 Å². The maximum Gasteiger partial charge on any atom is 0.219 e. The maximum atomic E-state index is 4.41. The number of para-hydroxylation sites is 1. The fraction of sp³-hybridized carbons (Fsp3) is 0.316. The number of hydrogen-bond acceptors (Lipinski definition) is 3. The third kappa shape index (κ3) is 2.32.